The van der Waals surface area contributed by atoms with E-state index in [2.05, 4.69) is 34.4 Å². The number of hydrogen-bond acceptors (Lipinski definition) is 1. The minimum absolute atomic E-state index is 0. The third-order valence-electron chi connectivity index (χ3n) is 2.27. The summed E-state index contributed by atoms with van der Waals surface area (Å²) < 4.78 is 2.09. The van der Waals surface area contributed by atoms with Crippen LogP contribution in [-0.2, 0) is 0 Å². The summed E-state index contributed by atoms with van der Waals surface area (Å²) in [6.07, 6.45) is 5.37. The first-order chi connectivity index (χ1) is 5.95. The molecule has 0 aliphatic heterocycles. The summed E-state index contributed by atoms with van der Waals surface area (Å²) in [7, 11) is 0. The summed E-state index contributed by atoms with van der Waals surface area (Å²) in [6.45, 7) is 0. The van der Waals surface area contributed by atoms with Crippen molar-refractivity contribution in [2.75, 3.05) is 0 Å². The molecule has 1 aromatic heterocycles. The number of aromatic nitrogens is 2. The van der Waals surface area contributed by atoms with E-state index in [9.17, 15) is 0 Å². The normalized spacial score (nSPS) is 19.8. The van der Waals surface area contributed by atoms with Crippen molar-refractivity contribution in [3.8, 4) is 0 Å². The first-order valence-electron chi connectivity index (χ1n) is 4.21. The Morgan fingerprint density at radius 3 is 2.92 bits per heavy atom. The van der Waals surface area contributed by atoms with Crippen LogP contribution >= 0.6 is 0 Å². The smallest absolute Gasteiger partial charge is 0.307 e. The van der Waals surface area contributed by atoms with Crippen LogP contribution in [0.15, 0.2) is 30.5 Å². The van der Waals surface area contributed by atoms with Gasteiger partial charge in [0.2, 0.25) is 0 Å². The maximum Gasteiger partial charge on any atom is 1.00 e. The Kier molecular flexibility index (Phi) is 2.90. The van der Waals surface area contributed by atoms with Crippen LogP contribution in [0.2, 0.25) is 0 Å². The van der Waals surface area contributed by atoms with Crippen molar-refractivity contribution >= 4 is 10.9 Å². The number of nitrogens with zero attached hydrogens (tertiary/aromatic N) is 2. The predicted octanol–water partition coefficient (Wildman–Crippen LogP) is -0.811. The van der Waals surface area contributed by atoms with Crippen molar-refractivity contribution in [3.05, 3.63) is 36.9 Å². The molecule has 1 aliphatic rings. The molecular weight excluding hydrogens is 187 g/mol. The van der Waals surface area contributed by atoms with Crippen LogP contribution in [0.5, 0.6) is 0 Å². The number of rotatable bonds is 1. The van der Waals surface area contributed by atoms with Gasteiger partial charge in [-0.25, -0.2) is 0 Å². The van der Waals surface area contributed by atoms with Gasteiger partial charge in [0.1, 0.15) is 0 Å². The molecule has 60 valence electrons. The Hall–Kier alpha value is 0.326. The van der Waals surface area contributed by atoms with Crippen molar-refractivity contribution in [1.82, 2.24) is 9.78 Å². The Morgan fingerprint density at radius 2 is 2.15 bits per heavy atom. The standard InChI is InChI=1S/C10H9N2.K/c1-2-4-10-8(3-1)7-11-12(10)9-5-6-9;/h1-5,7,9H,6H2;/q-1;+1/t9-;/m1./s1. The van der Waals surface area contributed by atoms with Crippen LogP contribution in [0.3, 0.4) is 0 Å². The topological polar surface area (TPSA) is 17.8 Å². The Balaban J connectivity index is 0.000000653. The molecule has 3 rings (SSSR count). The van der Waals surface area contributed by atoms with Gasteiger partial charge in [0.25, 0.3) is 0 Å². The molecule has 13 heavy (non-hydrogen) atoms. The summed E-state index contributed by atoms with van der Waals surface area (Å²) in [4.78, 5) is 0. The van der Waals surface area contributed by atoms with Gasteiger partial charge in [-0.3, -0.25) is 4.68 Å². The number of para-hydroxylation sites is 1. The molecule has 0 spiro atoms. The molecule has 3 heteroatoms. The van der Waals surface area contributed by atoms with Crippen molar-refractivity contribution in [2.24, 2.45) is 0 Å². The number of benzene rings is 1. The monoisotopic (exact) mass is 196 g/mol. The van der Waals surface area contributed by atoms with Crippen molar-refractivity contribution in [3.63, 3.8) is 0 Å². The van der Waals surface area contributed by atoms with E-state index >= 15 is 0 Å². The molecular formula is C10H9KN2. The average Bonchev–Trinajstić information content (AvgIpc) is 2.86. The third kappa shape index (κ3) is 1.76. The molecule has 1 fully saturated rings. The van der Waals surface area contributed by atoms with Gasteiger partial charge in [0.15, 0.2) is 0 Å². The van der Waals surface area contributed by atoms with E-state index in [1.165, 1.54) is 17.3 Å². The molecule has 1 saturated carbocycles. The van der Waals surface area contributed by atoms with Crippen LogP contribution in [0.4, 0.5) is 0 Å². The third-order valence-corrected chi connectivity index (χ3v) is 2.27. The summed E-state index contributed by atoms with van der Waals surface area (Å²) in [5.74, 6) is 0. The van der Waals surface area contributed by atoms with E-state index in [0.29, 0.717) is 6.04 Å². The fourth-order valence-corrected chi connectivity index (χ4v) is 1.52. The van der Waals surface area contributed by atoms with Crippen molar-refractivity contribution in [2.45, 2.75) is 12.5 Å². The van der Waals surface area contributed by atoms with Gasteiger partial charge in [0.05, 0.1) is 11.7 Å². The van der Waals surface area contributed by atoms with Crippen LogP contribution in [-0.4, -0.2) is 9.78 Å². The fraction of sp³-hybridized carbons (Fsp3) is 0.200. The summed E-state index contributed by atoms with van der Waals surface area (Å²) >= 11 is 0. The zero-order chi connectivity index (χ0) is 7.97. The van der Waals surface area contributed by atoms with Gasteiger partial charge in [0, 0.05) is 5.39 Å². The fourth-order valence-electron chi connectivity index (χ4n) is 1.52. The van der Waals surface area contributed by atoms with Crippen molar-refractivity contribution < 1.29 is 51.4 Å². The van der Waals surface area contributed by atoms with Crippen LogP contribution in [0, 0.1) is 6.42 Å². The molecule has 2 nitrogen and oxygen atoms in total. The molecule has 0 radical (unpaired) electrons. The Morgan fingerprint density at radius 1 is 1.38 bits per heavy atom. The molecule has 0 unspecified atom stereocenters. The van der Waals surface area contributed by atoms with E-state index in [0.717, 1.165) is 0 Å². The van der Waals surface area contributed by atoms with Crippen LogP contribution in [0.25, 0.3) is 10.9 Å². The molecule has 1 heterocycles. The molecule has 0 bridgehead atoms. The minimum Gasteiger partial charge on any atom is -0.307 e. The number of fused-ring (bicyclic) bond motifs is 1. The second-order valence-electron chi connectivity index (χ2n) is 3.19. The SMILES string of the molecule is [K+].c1ccc2c(c1)cnn2[C@@H]1[CH-]C1. The number of hydrogen-bond donors (Lipinski definition) is 0. The van der Waals surface area contributed by atoms with Crippen LogP contribution < -0.4 is 51.4 Å². The van der Waals surface area contributed by atoms with Crippen molar-refractivity contribution in [1.29, 1.82) is 0 Å². The Bertz CT molecular complexity index is 418. The molecule has 1 aromatic carbocycles. The molecule has 0 N–H and O–H groups in total. The molecule has 0 amide bonds. The second kappa shape index (κ2) is 3.83. The van der Waals surface area contributed by atoms with Gasteiger partial charge in [-0.05, 0) is 6.07 Å². The van der Waals surface area contributed by atoms with Gasteiger partial charge < -0.3 is 6.42 Å². The van der Waals surface area contributed by atoms with E-state index in [1.54, 1.807) is 0 Å². The zero-order valence-corrected chi connectivity index (χ0v) is 10.8. The predicted molar refractivity (Wildman–Crippen MR) is 47.7 cm³/mol. The van der Waals surface area contributed by atoms with E-state index in [-0.39, 0.29) is 51.4 Å². The summed E-state index contributed by atoms with van der Waals surface area (Å²) in [5.41, 5.74) is 1.25. The largest absolute Gasteiger partial charge is 1.00 e. The van der Waals surface area contributed by atoms with Gasteiger partial charge in [-0.15, -0.1) is 0 Å². The second-order valence-corrected chi connectivity index (χ2v) is 3.19. The van der Waals surface area contributed by atoms with Crippen LogP contribution in [0.1, 0.15) is 12.5 Å². The zero-order valence-electron chi connectivity index (χ0n) is 7.64. The molecule has 1 aliphatic carbocycles. The first kappa shape index (κ1) is 9.87. The maximum absolute atomic E-state index is 4.34. The quantitative estimate of drug-likeness (QED) is 0.431. The summed E-state index contributed by atoms with van der Waals surface area (Å²) in [6, 6.07) is 8.88. The maximum atomic E-state index is 4.34. The first-order valence-corrected chi connectivity index (χ1v) is 4.21. The van der Waals surface area contributed by atoms with Gasteiger partial charge in [-0.1, -0.05) is 24.2 Å². The molecule has 0 saturated heterocycles. The molecule has 1 atom stereocenters. The van der Waals surface area contributed by atoms with E-state index in [1.807, 2.05) is 12.3 Å². The van der Waals surface area contributed by atoms with E-state index < -0.39 is 0 Å². The summed E-state index contributed by atoms with van der Waals surface area (Å²) in [5, 5.41) is 5.58. The Labute approximate surface area is 120 Å². The minimum atomic E-state index is 0. The average molecular weight is 196 g/mol. The van der Waals surface area contributed by atoms with E-state index in [4.69, 9.17) is 0 Å². The van der Waals surface area contributed by atoms with Gasteiger partial charge >= 0.3 is 51.4 Å². The molecule has 2 aromatic rings. The van der Waals surface area contributed by atoms with Gasteiger partial charge in [-0.2, -0.15) is 11.5 Å².